The van der Waals surface area contributed by atoms with Gasteiger partial charge in [0.05, 0.1) is 18.2 Å². The largest absolute Gasteiger partial charge is 0.463 e. The van der Waals surface area contributed by atoms with Gasteiger partial charge in [-0.3, -0.25) is 19.3 Å². The molecule has 0 radical (unpaired) electrons. The number of rotatable bonds is 5. The zero-order valence-corrected chi connectivity index (χ0v) is 13.2. The van der Waals surface area contributed by atoms with E-state index >= 15 is 0 Å². The van der Waals surface area contributed by atoms with Crippen LogP contribution in [0.1, 0.15) is 37.0 Å². The van der Waals surface area contributed by atoms with Crippen molar-refractivity contribution in [1.82, 2.24) is 4.90 Å². The van der Waals surface area contributed by atoms with E-state index in [9.17, 15) is 19.2 Å². The van der Waals surface area contributed by atoms with Gasteiger partial charge in [-0.15, -0.1) is 0 Å². The van der Waals surface area contributed by atoms with Crippen LogP contribution in [0.25, 0.3) is 0 Å². The molecular formula is C17H13NO7. The van der Waals surface area contributed by atoms with Gasteiger partial charge in [-0.25, -0.2) is 4.79 Å². The molecule has 8 heteroatoms. The molecule has 8 nitrogen and oxygen atoms in total. The Hall–Kier alpha value is -3.42. The third kappa shape index (κ3) is 3.14. The van der Waals surface area contributed by atoms with E-state index in [1.807, 2.05) is 0 Å². The van der Waals surface area contributed by atoms with Gasteiger partial charge >= 0.3 is 11.9 Å². The summed E-state index contributed by atoms with van der Waals surface area (Å²) in [6.45, 7) is -0.740. The molecule has 1 aliphatic rings. The van der Waals surface area contributed by atoms with Gasteiger partial charge in [0.15, 0.2) is 0 Å². The lowest BCUT2D eigenvalue weighted by molar-refractivity contribution is -0.145. The minimum absolute atomic E-state index is 0.0195. The smallest absolute Gasteiger partial charge is 0.373 e. The molecule has 128 valence electrons. The van der Waals surface area contributed by atoms with E-state index in [0.717, 1.165) is 4.90 Å². The molecule has 0 saturated carbocycles. The molecule has 1 aromatic carbocycles. The SMILES string of the molecule is COC(=O)c1ccc(COC(=O)CN2C(=O)c3ccccc3C2=O)o1. The van der Waals surface area contributed by atoms with Crippen molar-refractivity contribution in [2.75, 3.05) is 13.7 Å². The maximum Gasteiger partial charge on any atom is 0.373 e. The predicted octanol–water partition coefficient (Wildman–Crippen LogP) is 1.41. The summed E-state index contributed by atoms with van der Waals surface area (Å²) in [5.41, 5.74) is 0.517. The summed E-state index contributed by atoms with van der Waals surface area (Å²) < 4.78 is 14.6. The summed E-state index contributed by atoms with van der Waals surface area (Å²) in [7, 11) is 1.21. The minimum Gasteiger partial charge on any atom is -0.463 e. The third-order valence-electron chi connectivity index (χ3n) is 3.59. The van der Waals surface area contributed by atoms with Gasteiger partial charge in [0, 0.05) is 0 Å². The number of amides is 2. The van der Waals surface area contributed by atoms with Crippen LogP contribution in [0.2, 0.25) is 0 Å². The molecule has 2 aromatic rings. The van der Waals surface area contributed by atoms with E-state index < -0.39 is 30.3 Å². The van der Waals surface area contributed by atoms with Crippen LogP contribution in [0.5, 0.6) is 0 Å². The molecule has 1 aromatic heterocycles. The van der Waals surface area contributed by atoms with E-state index in [1.165, 1.54) is 31.4 Å². The Morgan fingerprint density at radius 1 is 1.04 bits per heavy atom. The Bertz CT molecular complexity index is 832. The molecule has 0 spiro atoms. The zero-order chi connectivity index (χ0) is 18.0. The summed E-state index contributed by atoms with van der Waals surface area (Å²) in [4.78, 5) is 48.3. The highest BCUT2D eigenvalue weighted by molar-refractivity contribution is 6.22. The number of carbonyl (C=O) groups is 4. The van der Waals surface area contributed by atoms with Crippen LogP contribution in [0.4, 0.5) is 0 Å². The first kappa shape index (κ1) is 16.4. The highest BCUT2D eigenvalue weighted by atomic mass is 16.6. The molecule has 0 N–H and O–H groups in total. The number of benzene rings is 1. The van der Waals surface area contributed by atoms with Crippen molar-refractivity contribution in [3.05, 3.63) is 59.0 Å². The van der Waals surface area contributed by atoms with Gasteiger partial charge in [0.2, 0.25) is 5.76 Å². The number of methoxy groups -OCH3 is 1. The number of hydrogen-bond acceptors (Lipinski definition) is 7. The van der Waals surface area contributed by atoms with E-state index in [1.54, 1.807) is 12.1 Å². The summed E-state index contributed by atoms with van der Waals surface area (Å²) in [6.07, 6.45) is 0. The molecule has 0 saturated heterocycles. The molecule has 0 unspecified atom stereocenters. The van der Waals surface area contributed by atoms with Crippen LogP contribution >= 0.6 is 0 Å². The molecule has 0 bridgehead atoms. The van der Waals surface area contributed by atoms with Crippen LogP contribution in [0.15, 0.2) is 40.8 Å². The fourth-order valence-electron chi connectivity index (χ4n) is 2.37. The van der Waals surface area contributed by atoms with Gasteiger partial charge in [-0.2, -0.15) is 0 Å². The normalized spacial score (nSPS) is 12.9. The number of imide groups is 1. The van der Waals surface area contributed by atoms with Crippen LogP contribution in [0.3, 0.4) is 0 Å². The molecule has 0 fully saturated rings. The number of esters is 2. The van der Waals surface area contributed by atoms with E-state index in [2.05, 4.69) is 4.74 Å². The zero-order valence-electron chi connectivity index (χ0n) is 13.2. The van der Waals surface area contributed by atoms with E-state index in [4.69, 9.17) is 9.15 Å². The van der Waals surface area contributed by atoms with Gasteiger partial charge in [-0.05, 0) is 24.3 Å². The summed E-state index contributed by atoms with van der Waals surface area (Å²) >= 11 is 0. The predicted molar refractivity (Wildman–Crippen MR) is 81.7 cm³/mol. The van der Waals surface area contributed by atoms with Crippen molar-refractivity contribution in [2.24, 2.45) is 0 Å². The van der Waals surface area contributed by atoms with Crippen LogP contribution < -0.4 is 0 Å². The second kappa shape index (κ2) is 6.60. The quantitative estimate of drug-likeness (QED) is 0.597. The van der Waals surface area contributed by atoms with E-state index in [0.29, 0.717) is 0 Å². The molecular weight excluding hydrogens is 330 g/mol. The summed E-state index contributed by atoms with van der Waals surface area (Å²) in [6, 6.07) is 9.18. The highest BCUT2D eigenvalue weighted by Crippen LogP contribution is 2.22. The number of fused-ring (bicyclic) bond motifs is 1. The average molecular weight is 343 g/mol. The molecule has 2 heterocycles. The Labute approximate surface area is 141 Å². The summed E-state index contributed by atoms with van der Waals surface area (Å²) in [5.74, 6) is -2.29. The first-order valence-corrected chi connectivity index (χ1v) is 7.29. The van der Waals surface area contributed by atoms with Crippen molar-refractivity contribution in [1.29, 1.82) is 0 Å². The number of ether oxygens (including phenoxy) is 2. The molecule has 1 aliphatic heterocycles. The van der Waals surface area contributed by atoms with Gasteiger partial charge in [0.25, 0.3) is 11.8 Å². The molecule has 0 aliphatic carbocycles. The highest BCUT2D eigenvalue weighted by Gasteiger charge is 2.36. The lowest BCUT2D eigenvalue weighted by Crippen LogP contribution is -2.35. The van der Waals surface area contributed by atoms with Crippen LogP contribution in [-0.4, -0.2) is 42.3 Å². The fraction of sp³-hybridized carbons (Fsp3) is 0.176. The Kier molecular flexibility index (Phi) is 4.34. The van der Waals surface area contributed by atoms with Crippen molar-refractivity contribution in [3.63, 3.8) is 0 Å². The van der Waals surface area contributed by atoms with Crippen molar-refractivity contribution >= 4 is 23.8 Å². The van der Waals surface area contributed by atoms with E-state index in [-0.39, 0.29) is 29.3 Å². The monoisotopic (exact) mass is 343 g/mol. The van der Waals surface area contributed by atoms with Gasteiger partial charge < -0.3 is 13.9 Å². The molecule has 25 heavy (non-hydrogen) atoms. The molecule has 3 rings (SSSR count). The first-order valence-electron chi connectivity index (χ1n) is 7.29. The summed E-state index contributed by atoms with van der Waals surface area (Å²) in [5, 5.41) is 0. The second-order valence-electron chi connectivity index (χ2n) is 5.16. The van der Waals surface area contributed by atoms with Crippen LogP contribution in [-0.2, 0) is 20.9 Å². The maximum atomic E-state index is 12.2. The van der Waals surface area contributed by atoms with Crippen molar-refractivity contribution < 1.29 is 33.1 Å². The lowest BCUT2D eigenvalue weighted by atomic mass is 10.1. The standard InChI is InChI=1S/C17H13NO7/c1-23-17(22)13-7-6-10(25-13)9-24-14(19)8-18-15(20)11-4-2-3-5-12(11)16(18)21/h2-7H,8-9H2,1H3. The Morgan fingerprint density at radius 3 is 2.28 bits per heavy atom. The fourth-order valence-corrected chi connectivity index (χ4v) is 2.37. The number of hydrogen-bond donors (Lipinski definition) is 0. The lowest BCUT2D eigenvalue weighted by Gasteiger charge is -2.12. The number of furan rings is 1. The number of carbonyl (C=O) groups excluding carboxylic acids is 4. The maximum absolute atomic E-state index is 12.2. The molecule has 0 atom stereocenters. The van der Waals surface area contributed by atoms with Crippen LogP contribution in [0, 0.1) is 0 Å². The topological polar surface area (TPSA) is 103 Å². The first-order chi connectivity index (χ1) is 12.0. The third-order valence-corrected chi connectivity index (χ3v) is 3.59. The number of nitrogens with zero attached hydrogens (tertiary/aromatic N) is 1. The Morgan fingerprint density at radius 2 is 1.68 bits per heavy atom. The van der Waals surface area contributed by atoms with Gasteiger partial charge in [0.1, 0.15) is 18.9 Å². The van der Waals surface area contributed by atoms with Crippen molar-refractivity contribution in [2.45, 2.75) is 6.61 Å². The van der Waals surface area contributed by atoms with Crippen molar-refractivity contribution in [3.8, 4) is 0 Å². The molecule has 2 amide bonds. The Balaban J connectivity index is 1.59. The minimum atomic E-state index is -0.773. The second-order valence-corrected chi connectivity index (χ2v) is 5.16. The van der Waals surface area contributed by atoms with Gasteiger partial charge in [-0.1, -0.05) is 12.1 Å². The average Bonchev–Trinajstić information content (AvgIpc) is 3.19.